The topological polar surface area (TPSA) is 108 Å². The third-order valence-corrected chi connectivity index (χ3v) is 16.7. The molecule has 0 aromatic heterocycles. The number of quaternary nitrogens is 1. The SMILES string of the molecule is CC/C=C\C/C=C\C/C=C\C/C=C\C/C=C\C/C=C\C/C=C\C/C=C\C/C=C\CCCCCCCCCCCC(=O)OC(COC(=O)CCCCCCCCCCCCCCCCCCCCC/C=C\CCCCCCCCCC)COC(OCC[N+](C)(C)C)C(=O)O. The van der Waals surface area contributed by atoms with Crippen molar-refractivity contribution in [2.45, 2.75) is 347 Å². The van der Waals surface area contributed by atoms with Crippen molar-refractivity contribution in [1.82, 2.24) is 0 Å². The molecular formula is C84H146NO8+. The Bertz CT molecular complexity index is 1950. The molecule has 0 aliphatic heterocycles. The number of carbonyl (C=O) groups excluding carboxylic acids is 2. The lowest BCUT2D eigenvalue weighted by Gasteiger charge is -2.25. The molecule has 0 saturated carbocycles. The van der Waals surface area contributed by atoms with Crippen LogP contribution < -0.4 is 0 Å². The van der Waals surface area contributed by atoms with E-state index >= 15 is 0 Å². The van der Waals surface area contributed by atoms with Crippen molar-refractivity contribution in [2.75, 3.05) is 47.5 Å². The lowest BCUT2D eigenvalue weighted by Crippen LogP contribution is -2.40. The third kappa shape index (κ3) is 74.9. The number of hydrogen-bond donors (Lipinski definition) is 1. The van der Waals surface area contributed by atoms with Gasteiger partial charge in [-0.25, -0.2) is 4.79 Å². The number of esters is 2. The van der Waals surface area contributed by atoms with Crippen LogP contribution in [0.4, 0.5) is 0 Å². The van der Waals surface area contributed by atoms with Crippen LogP contribution in [-0.4, -0.2) is 87.4 Å². The minimum absolute atomic E-state index is 0.183. The number of hydrogen-bond acceptors (Lipinski definition) is 7. The van der Waals surface area contributed by atoms with Crippen molar-refractivity contribution < 1.29 is 42.9 Å². The molecule has 0 heterocycles. The smallest absolute Gasteiger partial charge is 0.361 e. The fourth-order valence-electron chi connectivity index (χ4n) is 10.8. The first-order valence-electron chi connectivity index (χ1n) is 38.7. The Hall–Kier alpha value is -4.31. The van der Waals surface area contributed by atoms with E-state index in [1.165, 1.54) is 199 Å². The number of nitrogens with zero attached hydrogens (tertiary/aromatic N) is 1. The number of aliphatic carboxylic acids is 1. The lowest BCUT2D eigenvalue weighted by molar-refractivity contribution is -0.870. The average molecular weight is 1300 g/mol. The fraction of sp³-hybridized carbons (Fsp3) is 0.726. The molecule has 0 fully saturated rings. The van der Waals surface area contributed by atoms with Crippen LogP contribution in [0.5, 0.6) is 0 Å². The largest absolute Gasteiger partial charge is 0.477 e. The molecule has 9 nitrogen and oxygen atoms in total. The number of unbranched alkanes of at least 4 members (excludes halogenated alkanes) is 36. The molecule has 1 N–H and O–H groups in total. The summed E-state index contributed by atoms with van der Waals surface area (Å²) in [7, 11) is 5.98. The normalized spacial score (nSPS) is 13.3. The summed E-state index contributed by atoms with van der Waals surface area (Å²) >= 11 is 0. The van der Waals surface area contributed by atoms with E-state index in [9.17, 15) is 19.5 Å². The maximum Gasteiger partial charge on any atom is 0.361 e. The molecule has 0 spiro atoms. The van der Waals surface area contributed by atoms with Gasteiger partial charge in [0.05, 0.1) is 34.4 Å². The van der Waals surface area contributed by atoms with E-state index in [4.69, 9.17) is 18.9 Å². The average Bonchev–Trinajstić information content (AvgIpc) is 3.73. The van der Waals surface area contributed by atoms with E-state index in [1.807, 2.05) is 21.1 Å². The van der Waals surface area contributed by atoms with E-state index in [0.29, 0.717) is 23.9 Å². The van der Waals surface area contributed by atoms with E-state index in [-0.39, 0.29) is 32.2 Å². The van der Waals surface area contributed by atoms with Crippen LogP contribution in [0.25, 0.3) is 0 Å². The maximum absolute atomic E-state index is 13.0. The summed E-state index contributed by atoms with van der Waals surface area (Å²) in [5, 5.41) is 9.77. The van der Waals surface area contributed by atoms with Gasteiger partial charge in [-0.3, -0.25) is 9.59 Å². The fourth-order valence-corrected chi connectivity index (χ4v) is 10.8. The van der Waals surface area contributed by atoms with Crippen molar-refractivity contribution in [3.8, 4) is 0 Å². The number of carboxylic acids is 1. The van der Waals surface area contributed by atoms with Gasteiger partial charge >= 0.3 is 17.9 Å². The second-order valence-corrected chi connectivity index (χ2v) is 26.9. The van der Waals surface area contributed by atoms with Crippen LogP contribution >= 0.6 is 0 Å². The summed E-state index contributed by atoms with van der Waals surface area (Å²) in [5.74, 6) is -2.01. The van der Waals surface area contributed by atoms with Gasteiger partial charge in [0.2, 0.25) is 0 Å². The van der Waals surface area contributed by atoms with Gasteiger partial charge in [-0.15, -0.1) is 0 Å². The summed E-state index contributed by atoms with van der Waals surface area (Å²) < 4.78 is 23.0. The molecule has 0 aliphatic rings. The van der Waals surface area contributed by atoms with Gasteiger partial charge in [-0.1, -0.05) is 334 Å². The van der Waals surface area contributed by atoms with Crippen molar-refractivity contribution in [1.29, 1.82) is 0 Å². The summed E-state index contributed by atoms with van der Waals surface area (Å²) in [6.07, 6.45) is 102. The van der Waals surface area contributed by atoms with E-state index < -0.39 is 24.3 Å². The number of ether oxygens (including phenoxy) is 4. The Morgan fingerprint density at radius 3 is 0.925 bits per heavy atom. The molecule has 0 saturated heterocycles. The van der Waals surface area contributed by atoms with E-state index in [0.717, 1.165) is 103 Å². The summed E-state index contributed by atoms with van der Waals surface area (Å²) in [5.41, 5.74) is 0. The number of rotatable bonds is 71. The highest BCUT2D eigenvalue weighted by Crippen LogP contribution is 2.18. The Labute approximate surface area is 574 Å². The number of carbonyl (C=O) groups is 3. The Morgan fingerprint density at radius 1 is 0.333 bits per heavy atom. The van der Waals surface area contributed by atoms with Crippen molar-refractivity contribution in [3.05, 3.63) is 122 Å². The predicted molar refractivity (Wildman–Crippen MR) is 401 cm³/mol. The number of likely N-dealkylation sites (N-methyl/N-ethyl adjacent to an activating group) is 1. The minimum atomic E-state index is -1.52. The maximum atomic E-state index is 13.0. The second-order valence-electron chi connectivity index (χ2n) is 26.9. The molecule has 0 aromatic rings. The Balaban J connectivity index is 4.10. The standard InChI is InChI=1S/C84H145NO8/c1-6-8-10-12-14-16-18-20-22-24-26-28-30-32-34-36-38-39-40-41-42-43-45-47-49-51-53-55-57-59-61-63-65-67-69-71-73-75-82(87)93-80(79-92-84(83(88)89)90-77-76-85(3,4)5)78-91-81(86)74-72-70-68-66-64-62-60-58-56-54-52-50-48-46-44-37-35-33-31-29-27-25-23-21-19-17-15-13-11-9-7-2/h8,10,14,16,20,22,25-28,32,34,38-39,41-42,45,47,51,53,80,84H,6-7,9,11-13,15,17-19,21,23-24,29-31,33,35-37,40,43-44,46,48-50,52,54-79H2,1-5H3/p+1/b10-8-,16-14-,22-20-,27-25-,28-26-,34-32-,39-38-,42-41-,47-45-,53-51-. The van der Waals surface area contributed by atoms with Crippen LogP contribution in [0.15, 0.2) is 122 Å². The molecule has 0 amide bonds. The molecule has 2 atom stereocenters. The van der Waals surface area contributed by atoms with Gasteiger partial charge in [-0.05, 0) is 109 Å². The first-order valence-corrected chi connectivity index (χ1v) is 38.7. The van der Waals surface area contributed by atoms with E-state index in [2.05, 4.69) is 135 Å². The van der Waals surface area contributed by atoms with Gasteiger partial charge in [-0.2, -0.15) is 0 Å². The van der Waals surface area contributed by atoms with Crippen LogP contribution in [0.2, 0.25) is 0 Å². The first-order chi connectivity index (χ1) is 45.6. The Kier molecular flexibility index (Phi) is 70.1. The van der Waals surface area contributed by atoms with Crippen molar-refractivity contribution >= 4 is 17.9 Å². The highest BCUT2D eigenvalue weighted by atomic mass is 16.7. The first kappa shape index (κ1) is 88.7. The summed E-state index contributed by atoms with van der Waals surface area (Å²) in [4.78, 5) is 37.7. The third-order valence-electron chi connectivity index (χ3n) is 16.7. The molecule has 0 rings (SSSR count). The zero-order valence-corrected chi connectivity index (χ0v) is 61.1. The molecule has 9 heteroatoms. The molecule has 2 unspecified atom stereocenters. The van der Waals surface area contributed by atoms with Gasteiger partial charge in [0.1, 0.15) is 13.2 Å². The van der Waals surface area contributed by atoms with Crippen LogP contribution in [-0.2, 0) is 33.3 Å². The molecule has 93 heavy (non-hydrogen) atoms. The second kappa shape index (κ2) is 73.5. The van der Waals surface area contributed by atoms with Crippen LogP contribution in [0.3, 0.4) is 0 Å². The van der Waals surface area contributed by atoms with Gasteiger partial charge < -0.3 is 28.5 Å². The molecular weight excluding hydrogens is 1150 g/mol. The molecule has 0 radical (unpaired) electrons. The highest BCUT2D eigenvalue weighted by Gasteiger charge is 2.25. The molecule has 0 bridgehead atoms. The summed E-state index contributed by atoms with van der Waals surface area (Å²) in [6.45, 7) is 4.79. The minimum Gasteiger partial charge on any atom is -0.477 e. The van der Waals surface area contributed by atoms with E-state index in [1.54, 1.807) is 0 Å². The predicted octanol–water partition coefficient (Wildman–Crippen LogP) is 24.7. The highest BCUT2D eigenvalue weighted by molar-refractivity contribution is 5.71. The lowest BCUT2D eigenvalue weighted by atomic mass is 10.0. The number of allylic oxidation sites excluding steroid dienone is 20. The number of carboxylic acid groups (broad SMARTS) is 1. The quantitative estimate of drug-likeness (QED) is 0.0211. The van der Waals surface area contributed by atoms with Gasteiger partial charge in [0.15, 0.2) is 6.10 Å². The molecule has 534 valence electrons. The van der Waals surface area contributed by atoms with Gasteiger partial charge in [0.25, 0.3) is 6.29 Å². The van der Waals surface area contributed by atoms with Crippen LogP contribution in [0.1, 0.15) is 335 Å². The molecule has 0 aliphatic carbocycles. The summed E-state index contributed by atoms with van der Waals surface area (Å²) in [6, 6.07) is 0. The molecule has 0 aromatic carbocycles. The zero-order chi connectivity index (χ0) is 67.5. The Morgan fingerprint density at radius 2 is 0.613 bits per heavy atom. The van der Waals surface area contributed by atoms with Gasteiger partial charge in [0, 0.05) is 12.8 Å². The monoisotopic (exact) mass is 1300 g/mol. The van der Waals surface area contributed by atoms with Crippen molar-refractivity contribution in [3.63, 3.8) is 0 Å². The zero-order valence-electron chi connectivity index (χ0n) is 61.1. The van der Waals surface area contributed by atoms with Crippen LogP contribution in [0, 0.1) is 0 Å². The van der Waals surface area contributed by atoms with Crippen molar-refractivity contribution in [2.24, 2.45) is 0 Å².